The van der Waals surface area contributed by atoms with Crippen LogP contribution in [0.3, 0.4) is 0 Å². The normalized spacial score (nSPS) is 67.8. The van der Waals surface area contributed by atoms with E-state index >= 15 is 0 Å². The van der Waals surface area contributed by atoms with Gasteiger partial charge in [0.05, 0.1) is 0 Å². The van der Waals surface area contributed by atoms with E-state index in [1.165, 1.54) is 12.8 Å². The quantitative estimate of drug-likeness (QED) is 0.514. The van der Waals surface area contributed by atoms with Gasteiger partial charge in [0.25, 0.3) is 0 Å². The number of hydrogen-bond donors (Lipinski definition) is 0. The highest BCUT2D eigenvalue weighted by atomic mass is 14.8. The highest BCUT2D eigenvalue weighted by Gasteiger charge is 2.71. The van der Waals surface area contributed by atoms with Crippen LogP contribution < -0.4 is 0 Å². The van der Waals surface area contributed by atoms with Crippen molar-refractivity contribution in [2.45, 2.75) is 46.5 Å². The summed E-state index contributed by atoms with van der Waals surface area (Å²) < 4.78 is 0. The molecule has 3 saturated carbocycles. The van der Waals surface area contributed by atoms with Crippen LogP contribution in [0.25, 0.3) is 0 Å². The van der Waals surface area contributed by atoms with Crippen molar-refractivity contribution in [1.29, 1.82) is 0 Å². The fourth-order valence-corrected chi connectivity index (χ4v) is 5.21. The van der Waals surface area contributed by atoms with E-state index in [0.717, 1.165) is 28.6 Å². The molecule has 0 saturated heterocycles. The minimum atomic E-state index is 0.800. The molecule has 0 nitrogen and oxygen atoms in total. The van der Waals surface area contributed by atoms with E-state index in [9.17, 15) is 0 Å². The zero-order valence-corrected chi connectivity index (χ0v) is 8.56. The molecular formula is C12H20. The molecule has 12 heavy (non-hydrogen) atoms. The predicted octanol–water partition coefficient (Wildman–Crippen LogP) is 3.47. The second-order valence-corrected chi connectivity index (χ2v) is 6.16. The van der Waals surface area contributed by atoms with Gasteiger partial charge in [0.2, 0.25) is 0 Å². The molecule has 68 valence electrons. The minimum absolute atomic E-state index is 0.800. The largest absolute Gasteiger partial charge is 0.0622 e. The van der Waals surface area contributed by atoms with Crippen LogP contribution in [0, 0.1) is 28.6 Å². The van der Waals surface area contributed by atoms with Gasteiger partial charge in [-0.15, -0.1) is 0 Å². The summed E-state index contributed by atoms with van der Waals surface area (Å²) in [7, 11) is 0. The molecule has 0 radical (unpaired) electrons. The fraction of sp³-hybridized carbons (Fsp3) is 1.00. The van der Waals surface area contributed by atoms with Gasteiger partial charge >= 0.3 is 0 Å². The molecule has 0 bridgehead atoms. The lowest BCUT2D eigenvalue weighted by Crippen LogP contribution is -2.70. The molecule has 3 aliphatic rings. The van der Waals surface area contributed by atoms with Crippen molar-refractivity contribution < 1.29 is 0 Å². The molecule has 5 atom stereocenters. The van der Waals surface area contributed by atoms with Crippen LogP contribution in [-0.2, 0) is 0 Å². The molecule has 0 aromatic rings. The van der Waals surface area contributed by atoms with E-state index in [1.807, 2.05) is 0 Å². The van der Waals surface area contributed by atoms with Gasteiger partial charge in [-0.25, -0.2) is 0 Å². The van der Waals surface area contributed by atoms with Crippen LogP contribution in [0.1, 0.15) is 46.5 Å². The first-order chi connectivity index (χ1) is 5.58. The molecule has 0 amide bonds. The highest BCUT2D eigenvalue weighted by molar-refractivity contribution is 5.20. The molecule has 0 aliphatic heterocycles. The zero-order chi connectivity index (χ0) is 8.56. The molecule has 1 spiro atoms. The first-order valence-electron chi connectivity index (χ1n) is 5.58. The van der Waals surface area contributed by atoms with Gasteiger partial charge in [-0.1, -0.05) is 20.8 Å². The molecule has 3 aliphatic carbocycles. The van der Waals surface area contributed by atoms with Crippen molar-refractivity contribution in [3.63, 3.8) is 0 Å². The van der Waals surface area contributed by atoms with Crippen molar-refractivity contribution >= 4 is 0 Å². The maximum absolute atomic E-state index is 2.52. The minimum Gasteiger partial charge on any atom is -0.0622 e. The van der Waals surface area contributed by atoms with Gasteiger partial charge in [0, 0.05) is 0 Å². The maximum atomic E-state index is 2.52. The van der Waals surface area contributed by atoms with E-state index in [2.05, 4.69) is 20.8 Å². The van der Waals surface area contributed by atoms with Crippen LogP contribution in [0.5, 0.6) is 0 Å². The van der Waals surface area contributed by atoms with Crippen molar-refractivity contribution in [3.8, 4) is 0 Å². The fourth-order valence-electron chi connectivity index (χ4n) is 5.21. The molecule has 0 aromatic heterocycles. The Hall–Kier alpha value is 0. The van der Waals surface area contributed by atoms with E-state index < -0.39 is 0 Å². The Balaban J connectivity index is 1.86. The zero-order valence-electron chi connectivity index (χ0n) is 8.56. The van der Waals surface area contributed by atoms with Gasteiger partial charge in [-0.2, -0.15) is 0 Å². The Kier molecular flexibility index (Phi) is 1.09. The second-order valence-electron chi connectivity index (χ2n) is 6.16. The molecule has 0 heterocycles. The molecule has 3 fully saturated rings. The maximum Gasteiger partial charge on any atom is -0.0230 e. The lowest BCUT2D eigenvalue weighted by molar-refractivity contribution is -0.286. The van der Waals surface area contributed by atoms with Crippen molar-refractivity contribution in [2.75, 3.05) is 0 Å². The lowest BCUT2D eigenvalue weighted by atomic mass is 9.27. The summed E-state index contributed by atoms with van der Waals surface area (Å²) in [5, 5.41) is 0. The molecule has 0 N–H and O–H groups in total. The Labute approximate surface area is 75.7 Å². The molecule has 0 aromatic carbocycles. The summed E-state index contributed by atoms with van der Waals surface area (Å²) in [4.78, 5) is 0. The Morgan fingerprint density at radius 1 is 1.25 bits per heavy atom. The lowest BCUT2D eigenvalue weighted by Gasteiger charge is -2.77. The van der Waals surface area contributed by atoms with Crippen LogP contribution in [-0.4, -0.2) is 0 Å². The van der Waals surface area contributed by atoms with Crippen LogP contribution >= 0.6 is 0 Å². The van der Waals surface area contributed by atoms with E-state index in [-0.39, 0.29) is 0 Å². The third kappa shape index (κ3) is 0.533. The van der Waals surface area contributed by atoms with Crippen molar-refractivity contribution in [2.24, 2.45) is 28.6 Å². The first-order valence-corrected chi connectivity index (χ1v) is 5.58. The molecular weight excluding hydrogens is 144 g/mol. The summed E-state index contributed by atoms with van der Waals surface area (Å²) in [6, 6.07) is 0. The third-order valence-corrected chi connectivity index (χ3v) is 5.48. The number of rotatable bonds is 0. The SMILES string of the molecule is CC1CC2(C)CC3(CCC3C)C12. The monoisotopic (exact) mass is 164 g/mol. The van der Waals surface area contributed by atoms with E-state index in [0.29, 0.717) is 0 Å². The summed E-state index contributed by atoms with van der Waals surface area (Å²) in [6.07, 6.45) is 6.15. The summed E-state index contributed by atoms with van der Waals surface area (Å²) in [5.41, 5.74) is 1.65. The van der Waals surface area contributed by atoms with Crippen LogP contribution in [0.4, 0.5) is 0 Å². The Morgan fingerprint density at radius 3 is 2.25 bits per heavy atom. The van der Waals surface area contributed by atoms with Crippen LogP contribution in [0.15, 0.2) is 0 Å². The first kappa shape index (κ1) is 7.41. The highest BCUT2D eigenvalue weighted by Crippen LogP contribution is 2.79. The van der Waals surface area contributed by atoms with Gasteiger partial charge in [0.1, 0.15) is 0 Å². The summed E-state index contributed by atoms with van der Waals surface area (Å²) in [6.45, 7) is 7.47. The van der Waals surface area contributed by atoms with Crippen molar-refractivity contribution in [1.82, 2.24) is 0 Å². The van der Waals surface area contributed by atoms with Gasteiger partial charge in [-0.3, -0.25) is 0 Å². The topological polar surface area (TPSA) is 0 Å². The predicted molar refractivity (Wildman–Crippen MR) is 50.8 cm³/mol. The van der Waals surface area contributed by atoms with E-state index in [1.54, 1.807) is 12.8 Å². The van der Waals surface area contributed by atoms with Gasteiger partial charge in [-0.05, 0) is 54.3 Å². The average molecular weight is 164 g/mol. The Bertz CT molecular complexity index is 232. The van der Waals surface area contributed by atoms with Crippen LogP contribution in [0.2, 0.25) is 0 Å². The smallest absolute Gasteiger partial charge is 0.0230 e. The second kappa shape index (κ2) is 1.76. The van der Waals surface area contributed by atoms with Crippen molar-refractivity contribution in [3.05, 3.63) is 0 Å². The number of fused-ring (bicyclic) bond motifs is 2. The Morgan fingerprint density at radius 2 is 2.00 bits per heavy atom. The average Bonchev–Trinajstić information content (AvgIpc) is 1.98. The molecule has 5 unspecified atom stereocenters. The number of hydrogen-bond acceptors (Lipinski definition) is 0. The molecule has 0 heteroatoms. The van der Waals surface area contributed by atoms with Gasteiger partial charge in [0.15, 0.2) is 0 Å². The van der Waals surface area contributed by atoms with Gasteiger partial charge < -0.3 is 0 Å². The standard InChI is InChI=1S/C12H20/c1-8-6-11(3)7-12(10(8)11)5-4-9(12)2/h8-10H,4-7H2,1-3H3. The third-order valence-electron chi connectivity index (χ3n) is 5.48. The van der Waals surface area contributed by atoms with E-state index in [4.69, 9.17) is 0 Å². The summed E-state index contributed by atoms with van der Waals surface area (Å²) in [5.74, 6) is 3.22. The molecule has 3 rings (SSSR count). The summed E-state index contributed by atoms with van der Waals surface area (Å²) >= 11 is 0.